The van der Waals surface area contributed by atoms with Gasteiger partial charge in [-0.2, -0.15) is 0 Å². The maximum atomic E-state index is 3.72. The minimum atomic E-state index is 1.00. The van der Waals surface area contributed by atoms with Crippen LogP contribution in [0.2, 0.25) is 0 Å². The van der Waals surface area contributed by atoms with Crippen molar-refractivity contribution in [2.75, 3.05) is 0 Å². The normalized spacial score (nSPS) is 13.8. The monoisotopic (exact) mass is 270 g/mol. The summed E-state index contributed by atoms with van der Waals surface area (Å²) in [6.45, 7) is 0. The van der Waals surface area contributed by atoms with Crippen LogP contribution in [-0.2, 0) is 0 Å². The van der Waals surface area contributed by atoms with Crippen molar-refractivity contribution in [3.8, 4) is 0 Å². The Hall–Kier alpha value is -1.34. The largest absolute Gasteiger partial charge is 0.0807 e. The van der Waals surface area contributed by atoms with Crippen molar-refractivity contribution < 1.29 is 0 Å². The molecule has 0 atom stereocenters. The fourth-order valence-corrected chi connectivity index (χ4v) is 2.87. The number of hydrogen-bond donors (Lipinski definition) is 0. The molecule has 1 heteroatoms. The highest BCUT2D eigenvalue weighted by molar-refractivity contribution is 9.10. The van der Waals surface area contributed by atoms with E-state index in [1.165, 1.54) is 25.7 Å². The molecule has 0 saturated carbocycles. The molecule has 0 fully saturated rings. The van der Waals surface area contributed by atoms with Gasteiger partial charge in [0, 0.05) is 4.47 Å². The number of hydrogen-bond acceptors (Lipinski definition) is 0. The van der Waals surface area contributed by atoms with Crippen molar-refractivity contribution in [2.45, 2.75) is 6.42 Å². The van der Waals surface area contributed by atoms with Crippen molar-refractivity contribution in [1.29, 1.82) is 0 Å². The maximum Gasteiger partial charge on any atom is 0.0329 e. The van der Waals surface area contributed by atoms with Crippen molar-refractivity contribution in [3.63, 3.8) is 0 Å². The van der Waals surface area contributed by atoms with Crippen LogP contribution in [0.4, 0.5) is 0 Å². The first kappa shape index (κ1) is 9.86. The average molecular weight is 271 g/mol. The van der Waals surface area contributed by atoms with E-state index < -0.39 is 0 Å². The first-order chi connectivity index (χ1) is 7.86. The van der Waals surface area contributed by atoms with Crippen LogP contribution in [0.25, 0.3) is 22.9 Å². The second kappa shape index (κ2) is 3.91. The average Bonchev–Trinajstić information content (AvgIpc) is 2.55. The second-order valence-corrected chi connectivity index (χ2v) is 4.74. The van der Waals surface area contributed by atoms with E-state index in [9.17, 15) is 0 Å². The summed E-state index contributed by atoms with van der Waals surface area (Å²) in [5, 5.41) is 5.17. The van der Waals surface area contributed by atoms with E-state index in [0.29, 0.717) is 0 Å². The Morgan fingerprint density at radius 1 is 1.12 bits per heavy atom. The van der Waals surface area contributed by atoms with E-state index in [2.05, 4.69) is 70.6 Å². The van der Waals surface area contributed by atoms with E-state index in [0.717, 1.165) is 6.42 Å². The molecule has 0 aliphatic heterocycles. The van der Waals surface area contributed by atoms with Gasteiger partial charge in [-0.15, -0.1) is 0 Å². The van der Waals surface area contributed by atoms with Gasteiger partial charge in [0.15, 0.2) is 0 Å². The molecule has 0 bridgehead atoms. The summed E-state index contributed by atoms with van der Waals surface area (Å²) >= 11 is 3.72. The van der Waals surface area contributed by atoms with Crippen LogP contribution in [0.15, 0.2) is 47.0 Å². The highest BCUT2D eigenvalue weighted by Crippen LogP contribution is 2.18. The molecular weight excluding hydrogens is 260 g/mol. The first-order valence-corrected chi connectivity index (χ1v) is 6.20. The Bertz CT molecular complexity index is 693. The van der Waals surface area contributed by atoms with Crippen LogP contribution in [0, 0.1) is 0 Å². The highest BCUT2D eigenvalue weighted by Gasteiger charge is 2.01. The lowest BCUT2D eigenvalue weighted by atomic mass is 10.1. The minimum absolute atomic E-state index is 1.00. The quantitative estimate of drug-likeness (QED) is 0.690. The molecule has 0 aromatic heterocycles. The number of fused-ring (bicyclic) bond motifs is 2. The predicted octanol–water partition coefficient (Wildman–Crippen LogP) is 3.12. The van der Waals surface area contributed by atoms with Gasteiger partial charge in [0.25, 0.3) is 0 Å². The molecule has 1 aliphatic carbocycles. The molecule has 0 amide bonds. The zero-order valence-corrected chi connectivity index (χ0v) is 10.4. The van der Waals surface area contributed by atoms with Gasteiger partial charge in [-0.05, 0) is 49.6 Å². The Kier molecular flexibility index (Phi) is 2.41. The lowest BCUT2D eigenvalue weighted by Crippen LogP contribution is -2.25. The molecule has 0 nitrogen and oxygen atoms in total. The molecule has 2 aromatic carbocycles. The van der Waals surface area contributed by atoms with Crippen LogP contribution in [0.5, 0.6) is 0 Å². The third-order valence-corrected chi connectivity index (χ3v) is 3.78. The van der Waals surface area contributed by atoms with Gasteiger partial charge in [-0.25, -0.2) is 0 Å². The SMILES string of the molecule is Brc1c2c(cc3ccccc13)=CC=CCC=2. The first-order valence-electron chi connectivity index (χ1n) is 5.40. The standard InChI is InChI=1S/C15H11Br/c16-15-13-8-3-1-2-6-11(13)10-12-7-4-5-9-14(12)15/h1-2,4-10H,3H2. The second-order valence-electron chi connectivity index (χ2n) is 3.95. The summed E-state index contributed by atoms with van der Waals surface area (Å²) in [6.07, 6.45) is 9.75. The lowest BCUT2D eigenvalue weighted by Gasteiger charge is -2.02. The topological polar surface area (TPSA) is 0 Å². The Labute approximate surface area is 103 Å². The molecule has 0 spiro atoms. The molecule has 0 saturated heterocycles. The fourth-order valence-electron chi connectivity index (χ4n) is 2.12. The molecule has 0 heterocycles. The Morgan fingerprint density at radius 2 is 2.00 bits per heavy atom. The summed E-state index contributed by atoms with van der Waals surface area (Å²) in [7, 11) is 0. The summed E-state index contributed by atoms with van der Waals surface area (Å²) < 4.78 is 1.21. The van der Waals surface area contributed by atoms with Gasteiger partial charge >= 0.3 is 0 Å². The fraction of sp³-hybridized carbons (Fsp3) is 0.0667. The van der Waals surface area contributed by atoms with Gasteiger partial charge < -0.3 is 0 Å². The molecule has 3 rings (SSSR count). The van der Waals surface area contributed by atoms with E-state index in [1.807, 2.05) is 0 Å². The van der Waals surface area contributed by atoms with Gasteiger partial charge in [0.1, 0.15) is 0 Å². The molecule has 16 heavy (non-hydrogen) atoms. The Balaban J connectivity index is 2.56. The smallest absolute Gasteiger partial charge is 0.0329 e. The van der Waals surface area contributed by atoms with Crippen molar-refractivity contribution in [3.05, 3.63) is 57.4 Å². The molecule has 0 N–H and O–H groups in total. The number of halogens is 1. The molecule has 0 radical (unpaired) electrons. The van der Waals surface area contributed by atoms with Gasteiger partial charge in [-0.3, -0.25) is 0 Å². The van der Waals surface area contributed by atoms with Gasteiger partial charge in [-0.1, -0.05) is 48.6 Å². The van der Waals surface area contributed by atoms with Crippen molar-refractivity contribution in [2.24, 2.45) is 0 Å². The van der Waals surface area contributed by atoms with Crippen LogP contribution in [-0.4, -0.2) is 0 Å². The lowest BCUT2D eigenvalue weighted by molar-refractivity contribution is 1.45. The van der Waals surface area contributed by atoms with E-state index in [-0.39, 0.29) is 0 Å². The van der Waals surface area contributed by atoms with E-state index >= 15 is 0 Å². The third kappa shape index (κ3) is 1.52. The summed E-state index contributed by atoms with van der Waals surface area (Å²) in [4.78, 5) is 0. The molecular formula is C15H11Br. The summed E-state index contributed by atoms with van der Waals surface area (Å²) in [6, 6.07) is 10.7. The number of allylic oxidation sites excluding steroid dienone is 2. The van der Waals surface area contributed by atoms with Crippen molar-refractivity contribution >= 4 is 38.9 Å². The van der Waals surface area contributed by atoms with E-state index in [4.69, 9.17) is 0 Å². The van der Waals surface area contributed by atoms with Crippen molar-refractivity contribution in [1.82, 2.24) is 0 Å². The van der Waals surface area contributed by atoms with Crippen LogP contribution < -0.4 is 10.4 Å². The third-order valence-electron chi connectivity index (χ3n) is 2.93. The zero-order valence-electron chi connectivity index (χ0n) is 8.78. The number of rotatable bonds is 0. The summed E-state index contributed by atoms with van der Waals surface area (Å²) in [5.41, 5.74) is 0. The van der Waals surface area contributed by atoms with Gasteiger partial charge in [0.05, 0.1) is 0 Å². The van der Waals surface area contributed by atoms with E-state index in [1.54, 1.807) is 0 Å². The maximum absolute atomic E-state index is 3.72. The minimum Gasteiger partial charge on any atom is -0.0807 e. The van der Waals surface area contributed by atoms with Crippen LogP contribution >= 0.6 is 15.9 Å². The molecule has 2 aromatic rings. The van der Waals surface area contributed by atoms with Crippen LogP contribution in [0.3, 0.4) is 0 Å². The number of benzene rings is 2. The highest BCUT2D eigenvalue weighted by atomic mass is 79.9. The molecule has 0 unspecified atom stereocenters. The molecule has 1 aliphatic rings. The van der Waals surface area contributed by atoms with Crippen LogP contribution in [0.1, 0.15) is 6.42 Å². The van der Waals surface area contributed by atoms with Gasteiger partial charge in [0.2, 0.25) is 0 Å². The Morgan fingerprint density at radius 3 is 2.94 bits per heavy atom. The summed E-state index contributed by atoms with van der Waals surface area (Å²) in [5.74, 6) is 0. The predicted molar refractivity (Wildman–Crippen MR) is 73.6 cm³/mol. The molecule has 78 valence electrons. The zero-order chi connectivity index (χ0) is 11.0.